The lowest BCUT2D eigenvalue weighted by Gasteiger charge is -1.99. The second-order valence-corrected chi connectivity index (χ2v) is 4.22. The number of ether oxygens (including phenoxy) is 1. The lowest BCUT2D eigenvalue weighted by atomic mass is 10.1. The topological polar surface area (TPSA) is 76.5 Å². The summed E-state index contributed by atoms with van der Waals surface area (Å²) < 4.78 is 5.17. The number of fused-ring (bicyclic) bond motifs is 1. The molecule has 0 amide bonds. The number of carbonyl (C=O) groups excluding carboxylic acids is 1. The van der Waals surface area contributed by atoms with Crippen molar-refractivity contribution in [2.24, 2.45) is 0 Å². The highest BCUT2D eigenvalue weighted by atomic mass is 16.5. The SMILES string of the molecule is O=C(O)c1ccnc(/C=C2\OC(=O)c3ccccc32)c1. The molecule has 0 atom stereocenters. The highest BCUT2D eigenvalue weighted by molar-refractivity contribution is 6.05. The second-order valence-electron chi connectivity index (χ2n) is 4.22. The number of hydrogen-bond acceptors (Lipinski definition) is 4. The Hall–Kier alpha value is -2.95. The van der Waals surface area contributed by atoms with Gasteiger partial charge in [0, 0.05) is 17.8 Å². The lowest BCUT2D eigenvalue weighted by Crippen LogP contribution is -1.97. The Labute approximate surface area is 114 Å². The molecule has 1 N–H and O–H groups in total. The first-order valence-corrected chi connectivity index (χ1v) is 5.88. The smallest absolute Gasteiger partial charge is 0.344 e. The zero-order valence-electron chi connectivity index (χ0n) is 10.2. The van der Waals surface area contributed by atoms with Crippen LogP contribution < -0.4 is 0 Å². The van der Waals surface area contributed by atoms with Gasteiger partial charge < -0.3 is 9.84 Å². The summed E-state index contributed by atoms with van der Waals surface area (Å²) in [5.41, 5.74) is 1.72. The molecule has 0 aliphatic carbocycles. The van der Waals surface area contributed by atoms with Crippen LogP contribution in [0.4, 0.5) is 0 Å². The summed E-state index contributed by atoms with van der Waals surface area (Å²) in [6.45, 7) is 0. The standard InChI is InChI=1S/C15H9NO4/c17-14(18)9-5-6-16-10(7-9)8-13-11-3-1-2-4-12(11)15(19)20-13/h1-8H,(H,17,18)/b13-8-. The van der Waals surface area contributed by atoms with Gasteiger partial charge in [-0.25, -0.2) is 9.59 Å². The maximum atomic E-state index is 11.7. The third-order valence-electron chi connectivity index (χ3n) is 2.92. The van der Waals surface area contributed by atoms with E-state index in [9.17, 15) is 9.59 Å². The molecule has 1 aliphatic rings. The number of carboxylic acid groups (broad SMARTS) is 1. The molecule has 0 saturated carbocycles. The first-order chi connectivity index (χ1) is 9.65. The number of benzene rings is 1. The Morgan fingerprint density at radius 2 is 1.95 bits per heavy atom. The van der Waals surface area contributed by atoms with Crippen LogP contribution in [0.15, 0.2) is 42.6 Å². The number of rotatable bonds is 2. The van der Waals surface area contributed by atoms with Crippen LogP contribution in [0.25, 0.3) is 11.8 Å². The minimum atomic E-state index is -1.03. The maximum Gasteiger partial charge on any atom is 0.344 e. The van der Waals surface area contributed by atoms with E-state index in [1.54, 1.807) is 30.3 Å². The van der Waals surface area contributed by atoms with Gasteiger partial charge in [-0.2, -0.15) is 0 Å². The molecule has 20 heavy (non-hydrogen) atoms. The van der Waals surface area contributed by atoms with Gasteiger partial charge in [-0.15, -0.1) is 0 Å². The van der Waals surface area contributed by atoms with E-state index >= 15 is 0 Å². The van der Waals surface area contributed by atoms with E-state index < -0.39 is 11.9 Å². The molecule has 5 heteroatoms. The Morgan fingerprint density at radius 3 is 2.70 bits per heavy atom. The number of nitrogens with zero attached hydrogens (tertiary/aromatic N) is 1. The molecule has 5 nitrogen and oxygen atoms in total. The molecule has 0 unspecified atom stereocenters. The summed E-state index contributed by atoms with van der Waals surface area (Å²) in [5, 5.41) is 8.94. The molecule has 0 spiro atoms. The number of aromatic carboxylic acids is 1. The van der Waals surface area contributed by atoms with E-state index in [0.717, 1.165) is 0 Å². The van der Waals surface area contributed by atoms with Gasteiger partial charge in [0.1, 0.15) is 5.76 Å². The number of carboxylic acids is 1. The van der Waals surface area contributed by atoms with E-state index in [0.29, 0.717) is 22.6 Å². The molecule has 98 valence electrons. The van der Waals surface area contributed by atoms with Gasteiger partial charge >= 0.3 is 11.9 Å². The van der Waals surface area contributed by atoms with Crippen molar-refractivity contribution in [1.82, 2.24) is 4.98 Å². The number of pyridine rings is 1. The van der Waals surface area contributed by atoms with Crippen LogP contribution >= 0.6 is 0 Å². The van der Waals surface area contributed by atoms with Gasteiger partial charge in [-0.05, 0) is 18.2 Å². The first kappa shape index (κ1) is 12.1. The largest absolute Gasteiger partial charge is 0.478 e. The Morgan fingerprint density at radius 1 is 1.20 bits per heavy atom. The molecule has 2 aromatic rings. The molecule has 0 fully saturated rings. The molecule has 0 bridgehead atoms. The normalized spacial score (nSPS) is 15.0. The van der Waals surface area contributed by atoms with Crippen molar-refractivity contribution in [2.45, 2.75) is 0 Å². The van der Waals surface area contributed by atoms with Gasteiger partial charge in [0.15, 0.2) is 0 Å². The maximum absolute atomic E-state index is 11.7. The van der Waals surface area contributed by atoms with Crippen molar-refractivity contribution in [3.05, 3.63) is 65.0 Å². The van der Waals surface area contributed by atoms with Gasteiger partial charge in [0.05, 0.1) is 16.8 Å². The summed E-state index contributed by atoms with van der Waals surface area (Å²) >= 11 is 0. The Bertz CT molecular complexity index is 749. The molecule has 2 heterocycles. The van der Waals surface area contributed by atoms with E-state index in [1.807, 2.05) is 0 Å². The van der Waals surface area contributed by atoms with Crippen molar-refractivity contribution in [3.8, 4) is 0 Å². The summed E-state index contributed by atoms with van der Waals surface area (Å²) in [4.78, 5) is 26.6. The molecule has 0 radical (unpaired) electrons. The van der Waals surface area contributed by atoms with E-state index in [-0.39, 0.29) is 5.56 Å². The predicted molar refractivity (Wildman–Crippen MR) is 70.9 cm³/mol. The van der Waals surface area contributed by atoms with E-state index in [4.69, 9.17) is 9.84 Å². The third-order valence-corrected chi connectivity index (χ3v) is 2.92. The summed E-state index contributed by atoms with van der Waals surface area (Å²) in [6.07, 6.45) is 2.95. The van der Waals surface area contributed by atoms with Crippen molar-refractivity contribution in [2.75, 3.05) is 0 Å². The molecular weight excluding hydrogens is 258 g/mol. The van der Waals surface area contributed by atoms with Gasteiger partial charge in [-0.1, -0.05) is 18.2 Å². The third kappa shape index (κ3) is 2.05. The zero-order valence-corrected chi connectivity index (χ0v) is 10.2. The average Bonchev–Trinajstić information content (AvgIpc) is 2.76. The summed E-state index contributed by atoms with van der Waals surface area (Å²) in [6, 6.07) is 9.83. The highest BCUT2D eigenvalue weighted by Gasteiger charge is 2.25. The van der Waals surface area contributed by atoms with Crippen molar-refractivity contribution in [3.63, 3.8) is 0 Å². The van der Waals surface area contributed by atoms with Gasteiger partial charge in [-0.3, -0.25) is 4.98 Å². The van der Waals surface area contributed by atoms with Crippen LogP contribution in [0, 0.1) is 0 Å². The minimum Gasteiger partial charge on any atom is -0.478 e. The van der Waals surface area contributed by atoms with Crippen molar-refractivity contribution < 1.29 is 19.4 Å². The van der Waals surface area contributed by atoms with Crippen LogP contribution in [0.5, 0.6) is 0 Å². The number of aromatic nitrogens is 1. The number of esters is 1. The molecule has 1 aliphatic heterocycles. The first-order valence-electron chi connectivity index (χ1n) is 5.88. The average molecular weight is 267 g/mol. The van der Waals surface area contributed by atoms with Gasteiger partial charge in [0.2, 0.25) is 0 Å². The fourth-order valence-corrected chi connectivity index (χ4v) is 1.99. The second kappa shape index (κ2) is 4.62. The zero-order chi connectivity index (χ0) is 14.1. The van der Waals surface area contributed by atoms with E-state index in [1.165, 1.54) is 18.3 Å². The van der Waals surface area contributed by atoms with Crippen LogP contribution in [0.2, 0.25) is 0 Å². The van der Waals surface area contributed by atoms with Gasteiger partial charge in [0.25, 0.3) is 0 Å². The Balaban J connectivity index is 2.04. The number of cyclic esters (lactones) is 1. The Kier molecular flexibility index (Phi) is 2.80. The van der Waals surface area contributed by atoms with Crippen LogP contribution in [0.1, 0.15) is 32.0 Å². The quantitative estimate of drug-likeness (QED) is 0.846. The molecule has 0 saturated heterocycles. The van der Waals surface area contributed by atoms with Crippen molar-refractivity contribution >= 4 is 23.8 Å². The summed E-state index contributed by atoms with van der Waals surface area (Å²) in [5.74, 6) is -1.07. The van der Waals surface area contributed by atoms with Crippen LogP contribution in [0.3, 0.4) is 0 Å². The molecule has 3 rings (SSSR count). The minimum absolute atomic E-state index is 0.129. The van der Waals surface area contributed by atoms with Crippen LogP contribution in [-0.2, 0) is 4.74 Å². The monoisotopic (exact) mass is 267 g/mol. The highest BCUT2D eigenvalue weighted by Crippen LogP contribution is 2.30. The molecule has 1 aromatic carbocycles. The number of carbonyl (C=O) groups is 2. The molecule has 1 aromatic heterocycles. The predicted octanol–water partition coefficient (Wildman–Crippen LogP) is 2.45. The van der Waals surface area contributed by atoms with Crippen molar-refractivity contribution in [1.29, 1.82) is 0 Å². The van der Waals surface area contributed by atoms with E-state index in [2.05, 4.69) is 4.98 Å². The number of hydrogen-bond donors (Lipinski definition) is 1. The lowest BCUT2D eigenvalue weighted by molar-refractivity contribution is 0.0692. The fraction of sp³-hybridized carbons (Fsp3) is 0. The van der Waals surface area contributed by atoms with Crippen LogP contribution in [-0.4, -0.2) is 22.0 Å². The fourth-order valence-electron chi connectivity index (χ4n) is 1.99. The summed E-state index contributed by atoms with van der Waals surface area (Å²) in [7, 11) is 0. The molecular formula is C15H9NO4.